The van der Waals surface area contributed by atoms with Crippen LogP contribution in [0.3, 0.4) is 0 Å². The van der Waals surface area contributed by atoms with E-state index < -0.39 is 0 Å². The lowest BCUT2D eigenvalue weighted by Crippen LogP contribution is -2.05. The van der Waals surface area contributed by atoms with Crippen molar-refractivity contribution in [2.75, 3.05) is 17.2 Å². The number of rotatable bonds is 6. The normalized spacial score (nSPS) is 10.2. The van der Waals surface area contributed by atoms with E-state index in [1.54, 1.807) is 0 Å². The minimum Gasteiger partial charge on any atom is -0.379 e. The number of aryl methyl sites for hydroxylation is 1. The van der Waals surface area contributed by atoms with E-state index in [4.69, 9.17) is 0 Å². The molecule has 0 aliphatic rings. The Morgan fingerprint density at radius 1 is 1.11 bits per heavy atom. The van der Waals surface area contributed by atoms with E-state index >= 15 is 0 Å². The fourth-order valence-corrected chi connectivity index (χ4v) is 1.78. The second kappa shape index (κ2) is 6.73. The fraction of sp³-hybridized carbons (Fsp3) is 0.333. The van der Waals surface area contributed by atoms with Crippen molar-refractivity contribution >= 4 is 11.5 Å². The molecule has 0 bridgehead atoms. The van der Waals surface area contributed by atoms with Crippen molar-refractivity contribution in [1.29, 1.82) is 0 Å². The molecule has 19 heavy (non-hydrogen) atoms. The molecule has 0 radical (unpaired) electrons. The van der Waals surface area contributed by atoms with Gasteiger partial charge in [-0.05, 0) is 31.0 Å². The summed E-state index contributed by atoms with van der Waals surface area (Å²) in [5.74, 6) is 0.907. The molecule has 4 heteroatoms. The van der Waals surface area contributed by atoms with Crippen molar-refractivity contribution in [3.8, 4) is 0 Å². The molecule has 2 N–H and O–H groups in total. The highest BCUT2D eigenvalue weighted by Crippen LogP contribution is 2.13. The van der Waals surface area contributed by atoms with Gasteiger partial charge in [-0.3, -0.25) is 4.98 Å². The van der Waals surface area contributed by atoms with Crippen molar-refractivity contribution in [1.82, 2.24) is 9.97 Å². The molecule has 0 atom stereocenters. The summed E-state index contributed by atoms with van der Waals surface area (Å²) in [6.07, 6.45) is 4.73. The first kappa shape index (κ1) is 13.3. The maximum absolute atomic E-state index is 4.37. The minimum atomic E-state index is 0.726. The van der Waals surface area contributed by atoms with Crippen LogP contribution in [0.2, 0.25) is 0 Å². The van der Waals surface area contributed by atoms with E-state index in [-0.39, 0.29) is 0 Å². The Bertz CT molecular complexity index is 525. The number of aromatic nitrogens is 2. The highest BCUT2D eigenvalue weighted by Gasteiger charge is 2.00. The van der Waals surface area contributed by atoms with Crippen LogP contribution in [0, 0.1) is 6.92 Å². The Kier molecular flexibility index (Phi) is 4.72. The van der Waals surface area contributed by atoms with E-state index in [2.05, 4.69) is 40.5 Å². The molecular weight excluding hydrogens is 236 g/mol. The molecule has 0 aliphatic heterocycles. The number of anilines is 2. The second-order valence-electron chi connectivity index (χ2n) is 4.48. The summed E-state index contributed by atoms with van der Waals surface area (Å²) in [4.78, 5) is 8.65. The Morgan fingerprint density at radius 3 is 2.79 bits per heavy atom. The van der Waals surface area contributed by atoms with Gasteiger partial charge in [0.1, 0.15) is 5.82 Å². The quantitative estimate of drug-likeness (QED) is 0.833. The van der Waals surface area contributed by atoms with Crippen LogP contribution in [-0.2, 0) is 6.54 Å². The molecule has 0 fully saturated rings. The molecule has 0 aromatic carbocycles. The SMILES string of the molecule is CCCNc1cc(NCc2ncccc2C)ccn1. The number of nitrogens with one attached hydrogen (secondary N) is 2. The Balaban J connectivity index is 1.98. The van der Waals surface area contributed by atoms with Crippen molar-refractivity contribution < 1.29 is 0 Å². The molecule has 2 rings (SSSR count). The molecule has 2 aromatic heterocycles. The van der Waals surface area contributed by atoms with Crippen LogP contribution in [0.4, 0.5) is 11.5 Å². The van der Waals surface area contributed by atoms with Gasteiger partial charge in [-0.25, -0.2) is 4.98 Å². The van der Waals surface area contributed by atoms with Gasteiger partial charge in [0.25, 0.3) is 0 Å². The first-order chi connectivity index (χ1) is 9.29. The minimum absolute atomic E-state index is 0.726. The van der Waals surface area contributed by atoms with Gasteiger partial charge < -0.3 is 10.6 Å². The highest BCUT2D eigenvalue weighted by molar-refractivity contribution is 5.52. The summed E-state index contributed by atoms with van der Waals surface area (Å²) in [7, 11) is 0. The maximum atomic E-state index is 4.37. The molecule has 0 spiro atoms. The molecule has 2 heterocycles. The zero-order valence-corrected chi connectivity index (χ0v) is 11.5. The Morgan fingerprint density at radius 2 is 2.00 bits per heavy atom. The van der Waals surface area contributed by atoms with Gasteiger partial charge in [-0.2, -0.15) is 0 Å². The Hall–Kier alpha value is -2.10. The Labute approximate surface area is 114 Å². The van der Waals surface area contributed by atoms with Crippen LogP contribution in [0.25, 0.3) is 0 Å². The number of hydrogen-bond donors (Lipinski definition) is 2. The van der Waals surface area contributed by atoms with Crippen LogP contribution in [0.15, 0.2) is 36.7 Å². The van der Waals surface area contributed by atoms with Crippen molar-refractivity contribution in [3.05, 3.63) is 47.9 Å². The summed E-state index contributed by atoms with van der Waals surface area (Å²) >= 11 is 0. The molecule has 4 nitrogen and oxygen atoms in total. The molecule has 0 amide bonds. The third-order valence-electron chi connectivity index (χ3n) is 2.89. The first-order valence-corrected chi connectivity index (χ1v) is 6.64. The second-order valence-corrected chi connectivity index (χ2v) is 4.48. The van der Waals surface area contributed by atoms with Gasteiger partial charge in [0.15, 0.2) is 0 Å². The van der Waals surface area contributed by atoms with E-state index in [1.165, 1.54) is 5.56 Å². The molecular formula is C15H20N4. The zero-order valence-electron chi connectivity index (χ0n) is 11.5. The number of nitrogens with zero attached hydrogens (tertiary/aromatic N) is 2. The lowest BCUT2D eigenvalue weighted by molar-refractivity contribution is 0.968. The number of hydrogen-bond acceptors (Lipinski definition) is 4. The van der Waals surface area contributed by atoms with Crippen LogP contribution in [-0.4, -0.2) is 16.5 Å². The summed E-state index contributed by atoms with van der Waals surface area (Å²) in [6, 6.07) is 8.02. The van der Waals surface area contributed by atoms with E-state index in [1.807, 2.05) is 30.6 Å². The fourth-order valence-electron chi connectivity index (χ4n) is 1.78. The average molecular weight is 256 g/mol. The van der Waals surface area contributed by atoms with Crippen molar-refractivity contribution in [2.45, 2.75) is 26.8 Å². The summed E-state index contributed by atoms with van der Waals surface area (Å²) in [5, 5.41) is 6.65. The molecule has 0 saturated carbocycles. The van der Waals surface area contributed by atoms with Gasteiger partial charge in [0.2, 0.25) is 0 Å². The predicted molar refractivity (Wildman–Crippen MR) is 79.3 cm³/mol. The van der Waals surface area contributed by atoms with Crippen molar-refractivity contribution in [2.24, 2.45) is 0 Å². The topological polar surface area (TPSA) is 49.8 Å². The summed E-state index contributed by atoms with van der Waals surface area (Å²) in [5.41, 5.74) is 3.33. The van der Waals surface area contributed by atoms with E-state index in [0.717, 1.165) is 36.7 Å². The van der Waals surface area contributed by atoms with E-state index in [0.29, 0.717) is 0 Å². The standard InChI is InChI=1S/C15H20N4/c1-3-7-17-15-10-13(6-9-18-15)19-11-14-12(2)5-4-8-16-14/h4-6,8-10H,3,7,11H2,1-2H3,(H2,17,18,19). The maximum Gasteiger partial charge on any atom is 0.127 e. The summed E-state index contributed by atoms with van der Waals surface area (Å²) < 4.78 is 0. The first-order valence-electron chi connectivity index (χ1n) is 6.64. The van der Waals surface area contributed by atoms with Crippen molar-refractivity contribution in [3.63, 3.8) is 0 Å². The van der Waals surface area contributed by atoms with E-state index in [9.17, 15) is 0 Å². The van der Waals surface area contributed by atoms with Gasteiger partial charge >= 0.3 is 0 Å². The highest BCUT2D eigenvalue weighted by atomic mass is 15.0. The number of pyridine rings is 2. The van der Waals surface area contributed by atoms with Gasteiger partial charge in [0, 0.05) is 30.7 Å². The lowest BCUT2D eigenvalue weighted by atomic mass is 10.2. The lowest BCUT2D eigenvalue weighted by Gasteiger charge is -2.09. The van der Waals surface area contributed by atoms with Crippen LogP contribution < -0.4 is 10.6 Å². The third kappa shape index (κ3) is 3.95. The monoisotopic (exact) mass is 256 g/mol. The molecule has 0 unspecified atom stereocenters. The molecule has 0 saturated heterocycles. The predicted octanol–water partition coefficient (Wildman–Crippen LogP) is 3.22. The average Bonchev–Trinajstić information content (AvgIpc) is 2.45. The van der Waals surface area contributed by atoms with Crippen LogP contribution >= 0.6 is 0 Å². The van der Waals surface area contributed by atoms with Crippen LogP contribution in [0.5, 0.6) is 0 Å². The smallest absolute Gasteiger partial charge is 0.127 e. The van der Waals surface area contributed by atoms with Gasteiger partial charge in [-0.1, -0.05) is 13.0 Å². The molecule has 0 aliphatic carbocycles. The molecule has 2 aromatic rings. The third-order valence-corrected chi connectivity index (χ3v) is 2.89. The molecule has 100 valence electrons. The largest absolute Gasteiger partial charge is 0.379 e. The van der Waals surface area contributed by atoms with Gasteiger partial charge in [-0.15, -0.1) is 0 Å². The zero-order chi connectivity index (χ0) is 13.5. The summed E-state index contributed by atoms with van der Waals surface area (Å²) in [6.45, 7) is 5.88. The van der Waals surface area contributed by atoms with Crippen LogP contribution in [0.1, 0.15) is 24.6 Å². The van der Waals surface area contributed by atoms with Gasteiger partial charge in [0.05, 0.1) is 12.2 Å².